The second-order valence-corrected chi connectivity index (χ2v) is 7.93. The van der Waals surface area contributed by atoms with Crippen LogP contribution in [-0.4, -0.2) is 39.8 Å². The molecule has 134 valence electrons. The molecule has 6 heteroatoms. The highest BCUT2D eigenvalue weighted by Crippen LogP contribution is 2.30. The van der Waals surface area contributed by atoms with E-state index in [9.17, 15) is 4.79 Å². The summed E-state index contributed by atoms with van der Waals surface area (Å²) >= 11 is 1.72. The molecule has 5 nitrogen and oxygen atoms in total. The van der Waals surface area contributed by atoms with Crippen LogP contribution in [0.2, 0.25) is 0 Å². The summed E-state index contributed by atoms with van der Waals surface area (Å²) in [5.74, 6) is 3.00. The van der Waals surface area contributed by atoms with Gasteiger partial charge in [0.05, 0.1) is 5.56 Å². The molecule has 0 spiro atoms. The Morgan fingerprint density at radius 1 is 1.28 bits per heavy atom. The summed E-state index contributed by atoms with van der Waals surface area (Å²) in [6, 6.07) is 7.88. The Bertz CT molecular complexity index is 721. The Balaban J connectivity index is 1.64. The monoisotopic (exact) mass is 359 g/mol. The zero-order chi connectivity index (χ0) is 17.8. The standard InChI is InChI=1S/C19H25N3O2S/c1-4-25-16-8-6-5-7-15(16)19(23)22-11-9-14(10-12-22)18-21-20-17(24-18)13(2)3/h5-8,13-14H,4,9-12H2,1-3H3. The molecule has 0 aliphatic carbocycles. The molecule has 1 fully saturated rings. The van der Waals surface area contributed by atoms with E-state index < -0.39 is 0 Å². The van der Waals surface area contributed by atoms with Gasteiger partial charge in [0, 0.05) is 29.8 Å². The lowest BCUT2D eigenvalue weighted by Gasteiger charge is -2.31. The Labute approximate surface area is 153 Å². The number of thioether (sulfide) groups is 1. The van der Waals surface area contributed by atoms with E-state index in [0.29, 0.717) is 5.89 Å². The molecule has 2 heterocycles. The van der Waals surface area contributed by atoms with Crippen LogP contribution in [0.5, 0.6) is 0 Å². The van der Waals surface area contributed by atoms with Gasteiger partial charge in [0.1, 0.15) is 0 Å². The Kier molecular flexibility index (Phi) is 5.78. The molecule has 0 saturated carbocycles. The van der Waals surface area contributed by atoms with E-state index >= 15 is 0 Å². The molecule has 2 aromatic rings. The van der Waals surface area contributed by atoms with Gasteiger partial charge in [-0.2, -0.15) is 0 Å². The van der Waals surface area contributed by atoms with Gasteiger partial charge in [-0.15, -0.1) is 22.0 Å². The number of amides is 1. The predicted molar refractivity (Wildman–Crippen MR) is 99.1 cm³/mol. The Hall–Kier alpha value is -1.82. The quantitative estimate of drug-likeness (QED) is 0.744. The second-order valence-electron chi connectivity index (χ2n) is 6.63. The summed E-state index contributed by atoms with van der Waals surface area (Å²) in [5, 5.41) is 8.33. The maximum atomic E-state index is 12.9. The highest BCUT2D eigenvalue weighted by Gasteiger charge is 2.28. The van der Waals surface area contributed by atoms with Crippen LogP contribution >= 0.6 is 11.8 Å². The first-order valence-corrected chi connectivity index (χ1v) is 9.93. The van der Waals surface area contributed by atoms with E-state index in [-0.39, 0.29) is 17.7 Å². The number of carbonyl (C=O) groups excluding carboxylic acids is 1. The van der Waals surface area contributed by atoms with Crippen molar-refractivity contribution in [1.82, 2.24) is 15.1 Å². The molecule has 0 radical (unpaired) electrons. The third kappa shape index (κ3) is 4.06. The molecule has 1 aromatic heterocycles. The first kappa shape index (κ1) is 18.0. The van der Waals surface area contributed by atoms with Gasteiger partial charge >= 0.3 is 0 Å². The minimum Gasteiger partial charge on any atom is -0.425 e. The van der Waals surface area contributed by atoms with Crippen molar-refractivity contribution in [2.45, 2.75) is 50.3 Å². The van der Waals surface area contributed by atoms with Crippen LogP contribution in [0.25, 0.3) is 0 Å². The number of nitrogens with zero attached hydrogens (tertiary/aromatic N) is 3. The maximum Gasteiger partial charge on any atom is 0.254 e. The predicted octanol–water partition coefficient (Wildman–Crippen LogP) is 4.32. The number of hydrogen-bond donors (Lipinski definition) is 0. The van der Waals surface area contributed by atoms with Gasteiger partial charge < -0.3 is 9.32 Å². The summed E-state index contributed by atoms with van der Waals surface area (Å²) < 4.78 is 5.79. The van der Waals surface area contributed by atoms with E-state index in [4.69, 9.17) is 4.42 Å². The minimum absolute atomic E-state index is 0.128. The zero-order valence-electron chi connectivity index (χ0n) is 15.1. The fourth-order valence-electron chi connectivity index (χ4n) is 3.07. The van der Waals surface area contributed by atoms with Crippen LogP contribution < -0.4 is 0 Å². The SMILES string of the molecule is CCSc1ccccc1C(=O)N1CCC(c2nnc(C(C)C)o2)CC1. The topological polar surface area (TPSA) is 59.2 Å². The van der Waals surface area contributed by atoms with Crippen LogP contribution in [0.4, 0.5) is 0 Å². The molecule has 1 aromatic carbocycles. The highest BCUT2D eigenvalue weighted by atomic mass is 32.2. The first-order valence-electron chi connectivity index (χ1n) is 8.94. The summed E-state index contributed by atoms with van der Waals surface area (Å²) in [5.41, 5.74) is 0.813. The summed E-state index contributed by atoms with van der Waals surface area (Å²) in [6.45, 7) is 7.66. The number of aromatic nitrogens is 2. The lowest BCUT2D eigenvalue weighted by atomic mass is 9.96. The van der Waals surface area contributed by atoms with Crippen LogP contribution in [0.3, 0.4) is 0 Å². The summed E-state index contributed by atoms with van der Waals surface area (Å²) in [4.78, 5) is 15.9. The van der Waals surface area contributed by atoms with Crippen molar-refractivity contribution in [3.63, 3.8) is 0 Å². The molecule has 1 amide bonds. The molecule has 0 atom stereocenters. The molecule has 25 heavy (non-hydrogen) atoms. The normalized spacial score (nSPS) is 15.8. The Morgan fingerprint density at radius 2 is 2.00 bits per heavy atom. The lowest BCUT2D eigenvalue weighted by molar-refractivity contribution is 0.0702. The fourth-order valence-corrected chi connectivity index (χ4v) is 3.87. The third-order valence-corrected chi connectivity index (χ3v) is 5.45. The third-order valence-electron chi connectivity index (χ3n) is 4.50. The molecule has 1 saturated heterocycles. The number of rotatable bonds is 5. The summed E-state index contributed by atoms with van der Waals surface area (Å²) in [6.07, 6.45) is 1.74. The Morgan fingerprint density at radius 3 is 2.64 bits per heavy atom. The van der Waals surface area contributed by atoms with Gasteiger partial charge in [-0.25, -0.2) is 0 Å². The van der Waals surface area contributed by atoms with Crippen molar-refractivity contribution in [2.24, 2.45) is 0 Å². The highest BCUT2D eigenvalue weighted by molar-refractivity contribution is 7.99. The number of carbonyl (C=O) groups is 1. The smallest absolute Gasteiger partial charge is 0.254 e. The summed E-state index contributed by atoms with van der Waals surface area (Å²) in [7, 11) is 0. The van der Waals surface area contributed by atoms with Gasteiger partial charge in [0.25, 0.3) is 5.91 Å². The molecular weight excluding hydrogens is 334 g/mol. The van der Waals surface area contributed by atoms with E-state index in [1.807, 2.05) is 43.0 Å². The molecule has 1 aliphatic heterocycles. The average molecular weight is 359 g/mol. The van der Waals surface area contributed by atoms with Crippen molar-refractivity contribution in [3.8, 4) is 0 Å². The van der Waals surface area contributed by atoms with E-state index in [1.165, 1.54) is 0 Å². The lowest BCUT2D eigenvalue weighted by Crippen LogP contribution is -2.38. The number of likely N-dealkylation sites (tertiary alicyclic amines) is 1. The zero-order valence-corrected chi connectivity index (χ0v) is 15.9. The second kappa shape index (κ2) is 8.04. The molecule has 0 bridgehead atoms. The van der Waals surface area contributed by atoms with Gasteiger partial charge in [0.2, 0.25) is 11.8 Å². The van der Waals surface area contributed by atoms with E-state index in [0.717, 1.165) is 48.0 Å². The molecule has 0 N–H and O–H groups in total. The number of hydrogen-bond acceptors (Lipinski definition) is 5. The van der Waals surface area contributed by atoms with Gasteiger partial charge in [-0.05, 0) is 30.7 Å². The molecular formula is C19H25N3O2S. The van der Waals surface area contributed by atoms with E-state index in [2.05, 4.69) is 17.1 Å². The van der Waals surface area contributed by atoms with Gasteiger partial charge in [-0.3, -0.25) is 4.79 Å². The van der Waals surface area contributed by atoms with Crippen molar-refractivity contribution in [1.29, 1.82) is 0 Å². The van der Waals surface area contributed by atoms with E-state index in [1.54, 1.807) is 11.8 Å². The van der Waals surface area contributed by atoms with Crippen molar-refractivity contribution in [2.75, 3.05) is 18.8 Å². The van der Waals surface area contributed by atoms with Crippen LogP contribution in [0.1, 0.15) is 67.6 Å². The number of piperidine rings is 1. The molecule has 1 aliphatic rings. The minimum atomic E-state index is 0.128. The maximum absolute atomic E-state index is 12.9. The van der Waals surface area contributed by atoms with Gasteiger partial charge in [-0.1, -0.05) is 32.9 Å². The van der Waals surface area contributed by atoms with Gasteiger partial charge in [0.15, 0.2) is 0 Å². The fraction of sp³-hybridized carbons (Fsp3) is 0.526. The molecule has 0 unspecified atom stereocenters. The molecule has 3 rings (SSSR count). The largest absolute Gasteiger partial charge is 0.425 e. The van der Waals surface area contributed by atoms with Crippen molar-refractivity contribution < 1.29 is 9.21 Å². The van der Waals surface area contributed by atoms with Crippen LogP contribution in [0.15, 0.2) is 33.6 Å². The van der Waals surface area contributed by atoms with Crippen molar-refractivity contribution in [3.05, 3.63) is 41.6 Å². The average Bonchev–Trinajstić information content (AvgIpc) is 3.12. The van der Waals surface area contributed by atoms with Crippen LogP contribution in [-0.2, 0) is 0 Å². The number of benzene rings is 1. The first-order chi connectivity index (χ1) is 12.1. The van der Waals surface area contributed by atoms with Crippen LogP contribution in [0, 0.1) is 0 Å². The van der Waals surface area contributed by atoms with Crippen molar-refractivity contribution >= 4 is 17.7 Å².